The number of aryl methyl sites for hydroxylation is 1. The first-order valence-electron chi connectivity index (χ1n) is 6.29. The number of para-hydroxylation sites is 1. The molecule has 0 radical (unpaired) electrons. The van der Waals surface area contributed by atoms with Crippen LogP contribution in [-0.4, -0.2) is 24.0 Å². The Kier molecular flexibility index (Phi) is 4.29. The average Bonchev–Trinajstić information content (AvgIpc) is 2.48. The highest BCUT2D eigenvalue weighted by Gasteiger charge is 2.21. The van der Waals surface area contributed by atoms with Gasteiger partial charge in [-0.15, -0.1) is 0 Å². The van der Waals surface area contributed by atoms with Crippen molar-refractivity contribution in [2.45, 2.75) is 6.92 Å². The number of benzene rings is 2. The standard InChI is InChI=1S/C16H14ClNO3/c1-10-6-5-8-12(14(10)17)15(19)18(2)13-9-4-3-7-11(13)16(20)21/h3-9H,1-2H3,(H,20,21). The van der Waals surface area contributed by atoms with E-state index in [0.717, 1.165) is 5.56 Å². The number of rotatable bonds is 3. The van der Waals surface area contributed by atoms with Crippen molar-refractivity contribution in [3.63, 3.8) is 0 Å². The van der Waals surface area contributed by atoms with Crippen LogP contribution in [0.2, 0.25) is 5.02 Å². The van der Waals surface area contributed by atoms with Gasteiger partial charge in [-0.2, -0.15) is 0 Å². The van der Waals surface area contributed by atoms with Gasteiger partial charge in [-0.3, -0.25) is 4.79 Å². The van der Waals surface area contributed by atoms with Crippen molar-refractivity contribution in [3.8, 4) is 0 Å². The maximum Gasteiger partial charge on any atom is 0.337 e. The molecule has 0 unspecified atom stereocenters. The Labute approximate surface area is 127 Å². The van der Waals surface area contributed by atoms with Gasteiger partial charge < -0.3 is 10.0 Å². The summed E-state index contributed by atoms with van der Waals surface area (Å²) in [6, 6.07) is 11.5. The zero-order valence-corrected chi connectivity index (χ0v) is 12.4. The monoisotopic (exact) mass is 303 g/mol. The van der Waals surface area contributed by atoms with Crippen LogP contribution in [0.15, 0.2) is 42.5 Å². The number of carbonyl (C=O) groups is 2. The van der Waals surface area contributed by atoms with Gasteiger partial charge in [0.1, 0.15) is 0 Å². The molecule has 21 heavy (non-hydrogen) atoms. The lowest BCUT2D eigenvalue weighted by Gasteiger charge is -2.20. The number of carbonyl (C=O) groups excluding carboxylic acids is 1. The highest BCUT2D eigenvalue weighted by Crippen LogP contribution is 2.25. The number of nitrogens with zero attached hydrogens (tertiary/aromatic N) is 1. The van der Waals surface area contributed by atoms with Crippen molar-refractivity contribution in [1.29, 1.82) is 0 Å². The number of halogens is 1. The van der Waals surface area contributed by atoms with E-state index in [4.69, 9.17) is 11.6 Å². The van der Waals surface area contributed by atoms with E-state index in [9.17, 15) is 14.7 Å². The summed E-state index contributed by atoms with van der Waals surface area (Å²) < 4.78 is 0. The molecule has 0 heterocycles. The van der Waals surface area contributed by atoms with Gasteiger partial charge in [0, 0.05) is 7.05 Å². The van der Waals surface area contributed by atoms with Crippen molar-refractivity contribution in [2.75, 3.05) is 11.9 Å². The van der Waals surface area contributed by atoms with Crippen LogP contribution in [0.5, 0.6) is 0 Å². The number of carboxylic acids is 1. The van der Waals surface area contributed by atoms with Crippen LogP contribution in [0.1, 0.15) is 26.3 Å². The first kappa shape index (κ1) is 15.1. The molecule has 0 aliphatic carbocycles. The molecule has 4 nitrogen and oxygen atoms in total. The lowest BCUT2D eigenvalue weighted by Crippen LogP contribution is -2.28. The maximum atomic E-state index is 12.5. The van der Waals surface area contributed by atoms with E-state index in [2.05, 4.69) is 0 Å². The summed E-state index contributed by atoms with van der Waals surface area (Å²) in [7, 11) is 1.53. The molecule has 0 fully saturated rings. The van der Waals surface area contributed by atoms with Crippen LogP contribution in [-0.2, 0) is 0 Å². The van der Waals surface area contributed by atoms with Gasteiger partial charge in [0.05, 0.1) is 21.8 Å². The summed E-state index contributed by atoms with van der Waals surface area (Å²) in [5.74, 6) is -1.43. The summed E-state index contributed by atoms with van der Waals surface area (Å²) in [5, 5.41) is 9.58. The molecule has 108 valence electrons. The van der Waals surface area contributed by atoms with Crippen LogP contribution in [0.4, 0.5) is 5.69 Å². The predicted molar refractivity (Wildman–Crippen MR) is 82.3 cm³/mol. The van der Waals surface area contributed by atoms with E-state index in [0.29, 0.717) is 16.3 Å². The Morgan fingerprint density at radius 2 is 1.67 bits per heavy atom. The van der Waals surface area contributed by atoms with Gasteiger partial charge in [0.2, 0.25) is 0 Å². The Bertz CT molecular complexity index is 712. The topological polar surface area (TPSA) is 57.6 Å². The summed E-state index contributed by atoms with van der Waals surface area (Å²) >= 11 is 6.16. The van der Waals surface area contributed by atoms with Crippen molar-refractivity contribution in [1.82, 2.24) is 0 Å². The molecule has 0 bridgehead atoms. The number of carboxylic acid groups (broad SMARTS) is 1. The fraction of sp³-hybridized carbons (Fsp3) is 0.125. The van der Waals surface area contributed by atoms with Crippen LogP contribution < -0.4 is 4.90 Å². The Morgan fingerprint density at radius 3 is 2.33 bits per heavy atom. The second-order valence-electron chi connectivity index (χ2n) is 4.62. The molecule has 2 rings (SSSR count). The number of hydrogen-bond acceptors (Lipinski definition) is 2. The molecule has 0 spiro atoms. The smallest absolute Gasteiger partial charge is 0.337 e. The molecule has 0 saturated carbocycles. The molecule has 1 N–H and O–H groups in total. The van der Waals surface area contributed by atoms with Crippen LogP contribution in [0, 0.1) is 6.92 Å². The molecule has 1 amide bonds. The van der Waals surface area contributed by atoms with E-state index in [1.807, 2.05) is 13.0 Å². The lowest BCUT2D eigenvalue weighted by atomic mass is 10.1. The van der Waals surface area contributed by atoms with E-state index in [1.54, 1.807) is 30.3 Å². The first-order valence-corrected chi connectivity index (χ1v) is 6.66. The Balaban J connectivity index is 2.45. The molecule has 0 saturated heterocycles. The van der Waals surface area contributed by atoms with Crippen LogP contribution >= 0.6 is 11.6 Å². The molecular weight excluding hydrogens is 290 g/mol. The fourth-order valence-corrected chi connectivity index (χ4v) is 2.26. The van der Waals surface area contributed by atoms with Gasteiger partial charge in [-0.05, 0) is 30.7 Å². The van der Waals surface area contributed by atoms with Gasteiger partial charge in [-0.1, -0.05) is 35.9 Å². The third-order valence-corrected chi connectivity index (χ3v) is 3.72. The second-order valence-corrected chi connectivity index (χ2v) is 5.00. The quantitative estimate of drug-likeness (QED) is 0.942. The van der Waals surface area contributed by atoms with E-state index in [1.165, 1.54) is 18.0 Å². The minimum absolute atomic E-state index is 0.0668. The normalized spacial score (nSPS) is 10.2. The highest BCUT2D eigenvalue weighted by molar-refractivity contribution is 6.35. The Hall–Kier alpha value is -2.33. The third-order valence-electron chi connectivity index (χ3n) is 3.22. The molecule has 0 aliphatic rings. The largest absolute Gasteiger partial charge is 0.478 e. The number of aromatic carboxylic acids is 1. The third kappa shape index (κ3) is 2.90. The Morgan fingerprint density at radius 1 is 1.05 bits per heavy atom. The van der Waals surface area contributed by atoms with Crippen molar-refractivity contribution in [3.05, 3.63) is 64.2 Å². The van der Waals surface area contributed by atoms with Gasteiger partial charge in [0.25, 0.3) is 5.91 Å². The van der Waals surface area contributed by atoms with Crippen LogP contribution in [0.25, 0.3) is 0 Å². The molecule has 2 aromatic carbocycles. The number of anilines is 1. The van der Waals surface area contributed by atoms with Gasteiger partial charge in [0.15, 0.2) is 0 Å². The van der Waals surface area contributed by atoms with E-state index >= 15 is 0 Å². The zero-order valence-electron chi connectivity index (χ0n) is 11.6. The predicted octanol–water partition coefficient (Wildman–Crippen LogP) is 3.62. The second kappa shape index (κ2) is 5.97. The molecule has 2 aromatic rings. The summed E-state index contributed by atoms with van der Waals surface area (Å²) in [5.41, 5.74) is 1.53. The SMILES string of the molecule is Cc1cccc(C(=O)N(C)c2ccccc2C(=O)O)c1Cl. The maximum absolute atomic E-state index is 12.5. The van der Waals surface area contributed by atoms with Gasteiger partial charge in [-0.25, -0.2) is 4.79 Å². The number of amides is 1. The summed E-state index contributed by atoms with van der Waals surface area (Å²) in [6.07, 6.45) is 0. The summed E-state index contributed by atoms with van der Waals surface area (Å²) in [6.45, 7) is 1.81. The van der Waals surface area contributed by atoms with Crippen molar-refractivity contribution in [2.24, 2.45) is 0 Å². The average molecular weight is 304 g/mol. The van der Waals surface area contributed by atoms with Crippen molar-refractivity contribution >= 4 is 29.2 Å². The van der Waals surface area contributed by atoms with Crippen LogP contribution in [0.3, 0.4) is 0 Å². The lowest BCUT2D eigenvalue weighted by molar-refractivity contribution is 0.0697. The van der Waals surface area contributed by atoms with Gasteiger partial charge >= 0.3 is 5.97 Å². The van der Waals surface area contributed by atoms with E-state index < -0.39 is 5.97 Å². The minimum Gasteiger partial charge on any atom is -0.478 e. The fourth-order valence-electron chi connectivity index (χ4n) is 2.05. The number of hydrogen-bond donors (Lipinski definition) is 1. The zero-order chi connectivity index (χ0) is 15.6. The van der Waals surface area contributed by atoms with E-state index in [-0.39, 0.29) is 11.5 Å². The molecular formula is C16H14ClNO3. The first-order chi connectivity index (χ1) is 9.93. The highest BCUT2D eigenvalue weighted by atomic mass is 35.5. The summed E-state index contributed by atoms with van der Waals surface area (Å²) in [4.78, 5) is 25.1. The van der Waals surface area contributed by atoms with Crippen molar-refractivity contribution < 1.29 is 14.7 Å². The molecule has 0 aliphatic heterocycles. The molecule has 0 aromatic heterocycles. The molecule has 5 heteroatoms. The molecule has 0 atom stereocenters. The minimum atomic E-state index is -1.08.